The maximum absolute atomic E-state index is 11.3. The summed E-state index contributed by atoms with van der Waals surface area (Å²) in [5.74, 6) is 1.07. The Hall–Kier alpha value is -0.870. The van der Waals surface area contributed by atoms with Gasteiger partial charge in [0.15, 0.2) is 0 Å². The average Bonchev–Trinajstić information content (AvgIpc) is 2.90. The zero-order valence-corrected chi connectivity index (χ0v) is 16.7. The molecule has 0 spiro atoms. The van der Waals surface area contributed by atoms with Gasteiger partial charge in [-0.05, 0) is 79.4 Å². The van der Waals surface area contributed by atoms with E-state index in [2.05, 4.69) is 20.4 Å². The van der Waals surface area contributed by atoms with Gasteiger partial charge in [0.2, 0.25) is 0 Å². The van der Waals surface area contributed by atoms with Gasteiger partial charge < -0.3 is 14.9 Å². The van der Waals surface area contributed by atoms with Crippen LogP contribution in [0.25, 0.3) is 0 Å². The van der Waals surface area contributed by atoms with Gasteiger partial charge in [0.1, 0.15) is 6.10 Å². The number of esters is 1. The highest BCUT2D eigenvalue weighted by Crippen LogP contribution is 2.63. The van der Waals surface area contributed by atoms with Gasteiger partial charge in [0, 0.05) is 20.1 Å². The lowest BCUT2D eigenvalue weighted by Gasteiger charge is -2.56. The van der Waals surface area contributed by atoms with E-state index >= 15 is 0 Å². The van der Waals surface area contributed by atoms with E-state index in [9.17, 15) is 15.0 Å². The molecule has 0 heterocycles. The second kappa shape index (κ2) is 7.27. The van der Waals surface area contributed by atoms with Crippen LogP contribution in [0, 0.1) is 34.5 Å². The van der Waals surface area contributed by atoms with E-state index in [4.69, 9.17) is 4.74 Å². The number of aliphatic hydroxyl groups is 2. The molecule has 4 heteroatoms. The Kier molecular flexibility index (Phi) is 5.56. The number of fused-ring (bicyclic) bond motifs is 1. The number of aliphatic hydroxyl groups excluding tert-OH is 2. The molecule has 3 saturated carbocycles. The minimum Gasteiger partial charge on any atom is -0.463 e. The van der Waals surface area contributed by atoms with Crippen LogP contribution in [0.2, 0.25) is 0 Å². The summed E-state index contributed by atoms with van der Waals surface area (Å²) in [6, 6.07) is 0. The molecule has 0 amide bonds. The Balaban J connectivity index is 1.82. The Morgan fingerprint density at radius 3 is 2.50 bits per heavy atom. The van der Waals surface area contributed by atoms with Crippen LogP contribution >= 0.6 is 0 Å². The van der Waals surface area contributed by atoms with E-state index in [-0.39, 0.29) is 48.0 Å². The lowest BCUT2D eigenvalue weighted by atomic mass is 9.49. The van der Waals surface area contributed by atoms with Gasteiger partial charge >= 0.3 is 5.97 Å². The maximum atomic E-state index is 11.3. The normalized spacial score (nSPS) is 46.0. The molecule has 0 bridgehead atoms. The number of carbonyl (C=O) groups excluding carboxylic acids is 1. The summed E-state index contributed by atoms with van der Waals surface area (Å²) in [5.41, 5.74) is 1.52. The van der Waals surface area contributed by atoms with Crippen LogP contribution in [-0.4, -0.2) is 35.5 Å². The van der Waals surface area contributed by atoms with Gasteiger partial charge in [-0.15, -0.1) is 0 Å². The summed E-state index contributed by atoms with van der Waals surface area (Å²) in [4.78, 5) is 11.3. The summed E-state index contributed by atoms with van der Waals surface area (Å²) in [6.45, 7) is 10.8. The van der Waals surface area contributed by atoms with E-state index in [1.807, 2.05) is 0 Å². The van der Waals surface area contributed by atoms with Crippen molar-refractivity contribution in [3.8, 4) is 0 Å². The largest absolute Gasteiger partial charge is 0.463 e. The van der Waals surface area contributed by atoms with Gasteiger partial charge in [-0.3, -0.25) is 4.79 Å². The molecule has 2 N–H and O–H groups in total. The lowest BCUT2D eigenvalue weighted by Crippen LogP contribution is -2.52. The predicted octanol–water partition coefficient (Wildman–Crippen LogP) is 3.71. The van der Waals surface area contributed by atoms with Crippen LogP contribution in [0.15, 0.2) is 12.2 Å². The van der Waals surface area contributed by atoms with Crippen molar-refractivity contribution in [2.75, 3.05) is 13.2 Å². The second-order valence-electron chi connectivity index (χ2n) is 9.55. The zero-order valence-electron chi connectivity index (χ0n) is 16.7. The quantitative estimate of drug-likeness (QED) is 0.589. The van der Waals surface area contributed by atoms with Crippen molar-refractivity contribution in [2.45, 2.75) is 71.8 Å². The smallest absolute Gasteiger partial charge is 0.302 e. The minimum absolute atomic E-state index is 0.00987. The van der Waals surface area contributed by atoms with Crippen LogP contribution < -0.4 is 0 Å². The van der Waals surface area contributed by atoms with Gasteiger partial charge in [-0.1, -0.05) is 26.0 Å². The number of allylic oxidation sites excluding steroid dienone is 1. The monoisotopic (exact) mass is 364 g/mol. The second-order valence-corrected chi connectivity index (χ2v) is 9.55. The van der Waals surface area contributed by atoms with E-state index in [0.29, 0.717) is 11.8 Å². The van der Waals surface area contributed by atoms with Crippen molar-refractivity contribution in [2.24, 2.45) is 34.5 Å². The molecule has 0 aliphatic heterocycles. The highest BCUT2D eigenvalue weighted by atomic mass is 16.5. The number of carbonyl (C=O) groups is 1. The molecule has 26 heavy (non-hydrogen) atoms. The van der Waals surface area contributed by atoms with Crippen LogP contribution in [-0.2, 0) is 9.53 Å². The first-order valence-electron chi connectivity index (χ1n) is 10.3. The summed E-state index contributed by atoms with van der Waals surface area (Å²) in [6.07, 6.45) is 6.89. The molecule has 3 unspecified atom stereocenters. The molecule has 0 aromatic carbocycles. The fraction of sp³-hybridized carbons (Fsp3) is 0.864. The molecular formula is C22H36O4. The van der Waals surface area contributed by atoms with Gasteiger partial charge in [0.05, 0.1) is 0 Å². The molecule has 0 aromatic heterocycles. The fourth-order valence-electron chi connectivity index (χ4n) is 6.76. The third-order valence-electron chi connectivity index (χ3n) is 8.49. The van der Waals surface area contributed by atoms with Gasteiger partial charge in [-0.2, -0.15) is 0 Å². The SMILES string of the molecule is C=C1CCC2C(CO)C([C@@]3(C)CC[C@H](OC(C)=O)C[C@@H]3CO)CC[C@]12C. The first-order valence-corrected chi connectivity index (χ1v) is 10.3. The standard InChI is InChI=1S/C22H36O4/c1-14-5-6-19-18(13-24)20(8-10-21(14,19)3)22(4)9-7-17(26-15(2)25)11-16(22)12-23/h16-20,23-24H,1,5-13H2,2-4H3/t16-,17+,18?,19?,20?,21-,22+/m1/s1. The van der Waals surface area contributed by atoms with Crippen molar-refractivity contribution >= 4 is 5.97 Å². The Morgan fingerprint density at radius 1 is 1.15 bits per heavy atom. The first kappa shape index (κ1) is 19.9. The molecule has 0 radical (unpaired) electrons. The summed E-state index contributed by atoms with van der Waals surface area (Å²) >= 11 is 0. The molecule has 4 nitrogen and oxygen atoms in total. The fourth-order valence-corrected chi connectivity index (χ4v) is 6.76. The summed E-state index contributed by atoms with van der Waals surface area (Å²) < 4.78 is 5.45. The lowest BCUT2D eigenvalue weighted by molar-refractivity contribution is -0.156. The van der Waals surface area contributed by atoms with Crippen LogP contribution in [0.4, 0.5) is 0 Å². The Morgan fingerprint density at radius 2 is 1.88 bits per heavy atom. The molecule has 7 atom stereocenters. The summed E-state index contributed by atoms with van der Waals surface area (Å²) in [5, 5.41) is 20.5. The first-order chi connectivity index (χ1) is 12.3. The van der Waals surface area contributed by atoms with Crippen molar-refractivity contribution < 1.29 is 19.7 Å². The van der Waals surface area contributed by atoms with E-state index < -0.39 is 0 Å². The topological polar surface area (TPSA) is 66.8 Å². The number of hydrogen-bond donors (Lipinski definition) is 2. The van der Waals surface area contributed by atoms with Crippen LogP contribution in [0.5, 0.6) is 0 Å². The van der Waals surface area contributed by atoms with Crippen molar-refractivity contribution in [3.63, 3.8) is 0 Å². The van der Waals surface area contributed by atoms with E-state index in [0.717, 1.165) is 44.9 Å². The number of rotatable bonds is 4. The molecule has 3 aliphatic carbocycles. The third-order valence-corrected chi connectivity index (χ3v) is 8.49. The van der Waals surface area contributed by atoms with Crippen LogP contribution in [0.1, 0.15) is 65.7 Å². The molecular weight excluding hydrogens is 328 g/mol. The molecule has 3 rings (SSSR count). The third kappa shape index (κ3) is 3.13. The summed E-state index contributed by atoms with van der Waals surface area (Å²) in [7, 11) is 0. The Labute approximate surface area is 158 Å². The highest BCUT2D eigenvalue weighted by Gasteiger charge is 2.56. The molecule has 0 aromatic rings. The van der Waals surface area contributed by atoms with Crippen molar-refractivity contribution in [1.82, 2.24) is 0 Å². The van der Waals surface area contributed by atoms with Gasteiger partial charge in [0.25, 0.3) is 0 Å². The minimum atomic E-state index is -0.235. The molecule has 3 aliphatic rings. The van der Waals surface area contributed by atoms with Crippen molar-refractivity contribution in [1.29, 1.82) is 0 Å². The predicted molar refractivity (Wildman–Crippen MR) is 101 cm³/mol. The number of hydrogen-bond acceptors (Lipinski definition) is 4. The molecule has 148 valence electrons. The highest BCUT2D eigenvalue weighted by molar-refractivity contribution is 5.66. The van der Waals surface area contributed by atoms with Crippen LogP contribution in [0.3, 0.4) is 0 Å². The maximum Gasteiger partial charge on any atom is 0.302 e. The van der Waals surface area contributed by atoms with Gasteiger partial charge in [-0.25, -0.2) is 0 Å². The zero-order chi connectivity index (χ0) is 19.1. The molecule has 0 saturated heterocycles. The van der Waals surface area contributed by atoms with Crippen molar-refractivity contribution in [3.05, 3.63) is 12.2 Å². The molecule has 3 fully saturated rings. The number of ether oxygens (including phenoxy) is 1. The Bertz CT molecular complexity index is 558. The average molecular weight is 365 g/mol. The van der Waals surface area contributed by atoms with E-state index in [1.165, 1.54) is 12.5 Å². The van der Waals surface area contributed by atoms with E-state index in [1.54, 1.807) is 0 Å².